The van der Waals surface area contributed by atoms with E-state index in [4.69, 9.17) is 0 Å². The molecule has 2 aromatic carbocycles. The predicted molar refractivity (Wildman–Crippen MR) is 109 cm³/mol. The second-order valence-corrected chi connectivity index (χ2v) is 7.58. The molecule has 146 valence electrons. The van der Waals surface area contributed by atoms with Crippen LogP contribution in [0.1, 0.15) is 29.2 Å². The fourth-order valence-electron chi connectivity index (χ4n) is 3.56. The Labute approximate surface area is 165 Å². The van der Waals surface area contributed by atoms with Crippen LogP contribution in [0.25, 0.3) is 5.76 Å². The lowest BCUT2D eigenvalue weighted by Crippen LogP contribution is -3.05. The van der Waals surface area contributed by atoms with Gasteiger partial charge in [0.05, 0.1) is 32.3 Å². The highest BCUT2D eigenvalue weighted by Gasteiger charge is 2.45. The molecule has 1 aliphatic heterocycles. The molecule has 5 heteroatoms. The van der Waals surface area contributed by atoms with Crippen molar-refractivity contribution in [2.45, 2.75) is 19.4 Å². The Morgan fingerprint density at radius 2 is 1.68 bits per heavy atom. The lowest BCUT2D eigenvalue weighted by atomic mass is 9.94. The van der Waals surface area contributed by atoms with E-state index in [1.807, 2.05) is 37.3 Å². The number of benzene rings is 2. The third-order valence-corrected chi connectivity index (χ3v) is 5.06. The highest BCUT2D eigenvalue weighted by Crippen LogP contribution is 2.39. The number of nitrogens with one attached hydrogen (secondary N) is 1. The van der Waals surface area contributed by atoms with Gasteiger partial charge < -0.3 is 14.9 Å². The summed E-state index contributed by atoms with van der Waals surface area (Å²) >= 11 is 0. The molecule has 5 nitrogen and oxygen atoms in total. The summed E-state index contributed by atoms with van der Waals surface area (Å²) in [4.78, 5) is 28.6. The molecule has 28 heavy (non-hydrogen) atoms. The number of aliphatic hydroxyl groups is 1. The van der Waals surface area contributed by atoms with Crippen molar-refractivity contribution >= 4 is 17.4 Å². The monoisotopic (exact) mass is 379 g/mol. The number of carbonyl (C=O) groups excluding carboxylic acids is 2. The largest absolute Gasteiger partial charge is 0.507 e. The van der Waals surface area contributed by atoms with Crippen LogP contribution in [-0.4, -0.2) is 48.9 Å². The van der Waals surface area contributed by atoms with E-state index in [0.717, 1.165) is 24.1 Å². The zero-order valence-corrected chi connectivity index (χ0v) is 16.6. The van der Waals surface area contributed by atoms with Crippen LogP contribution in [0.2, 0.25) is 0 Å². The molecule has 1 saturated heterocycles. The molecule has 0 aromatic heterocycles. The number of rotatable bonds is 6. The molecular weight excluding hydrogens is 352 g/mol. The molecule has 2 aromatic rings. The van der Waals surface area contributed by atoms with Gasteiger partial charge >= 0.3 is 0 Å². The third kappa shape index (κ3) is 3.99. The van der Waals surface area contributed by atoms with Crippen molar-refractivity contribution in [3.63, 3.8) is 0 Å². The van der Waals surface area contributed by atoms with Gasteiger partial charge in [-0.2, -0.15) is 0 Å². The summed E-state index contributed by atoms with van der Waals surface area (Å²) in [5.74, 6) is -1.29. The second kappa shape index (κ2) is 8.40. The number of Topliss-reactive ketones (excluding diaryl/α,β-unsaturated/α-hetero) is 1. The number of aliphatic hydroxyl groups excluding tert-OH is 1. The summed E-state index contributed by atoms with van der Waals surface area (Å²) in [7, 11) is 4.11. The first-order valence-corrected chi connectivity index (χ1v) is 9.59. The quantitative estimate of drug-likeness (QED) is 0.458. The zero-order valence-electron chi connectivity index (χ0n) is 16.6. The number of carbonyl (C=O) groups is 2. The maximum absolute atomic E-state index is 12.9. The summed E-state index contributed by atoms with van der Waals surface area (Å²) in [5, 5.41) is 10.9. The maximum Gasteiger partial charge on any atom is 0.295 e. The van der Waals surface area contributed by atoms with E-state index in [9.17, 15) is 14.7 Å². The summed E-state index contributed by atoms with van der Waals surface area (Å²) < 4.78 is 0. The molecular formula is C23H27N2O3+. The van der Waals surface area contributed by atoms with Crippen LogP contribution in [0.3, 0.4) is 0 Å². The Balaban J connectivity index is 2.07. The van der Waals surface area contributed by atoms with Crippen LogP contribution in [0.4, 0.5) is 0 Å². The first kappa shape index (κ1) is 19.8. The number of hydrogen-bond acceptors (Lipinski definition) is 3. The topological polar surface area (TPSA) is 62.0 Å². The minimum Gasteiger partial charge on any atom is -0.507 e. The molecule has 3 rings (SSSR count). The highest BCUT2D eigenvalue weighted by atomic mass is 16.3. The second-order valence-electron chi connectivity index (χ2n) is 7.58. The standard InChI is InChI=1S/C23H26N2O3/c1-16-10-12-17(13-11-16)20-19(21(26)18-8-5-4-6-9-18)22(27)23(28)25(20)15-7-14-24(2)3/h4-6,8-13,20,26H,7,14-15H2,1-3H3/p+1/b21-19+/t20-/m1/s1. The Hall–Kier alpha value is -2.92. The molecule has 0 saturated carbocycles. The number of ketones is 1. The zero-order chi connectivity index (χ0) is 20.3. The van der Waals surface area contributed by atoms with Crippen molar-refractivity contribution in [3.05, 3.63) is 76.9 Å². The molecule has 1 atom stereocenters. The van der Waals surface area contributed by atoms with Crippen LogP contribution in [0, 0.1) is 6.92 Å². The summed E-state index contributed by atoms with van der Waals surface area (Å²) in [6.07, 6.45) is 0.781. The van der Waals surface area contributed by atoms with Crippen LogP contribution in [0.15, 0.2) is 60.2 Å². The minimum absolute atomic E-state index is 0.120. The highest BCUT2D eigenvalue weighted by molar-refractivity contribution is 6.46. The average Bonchev–Trinajstić information content (AvgIpc) is 2.93. The maximum atomic E-state index is 12.9. The SMILES string of the molecule is Cc1ccc([C@@H]2/C(=C(\O)c3ccccc3)C(=O)C(=O)N2CCC[NH+](C)C)cc1. The Bertz CT molecular complexity index is 886. The molecule has 0 bridgehead atoms. The first-order chi connectivity index (χ1) is 13.4. The lowest BCUT2D eigenvalue weighted by molar-refractivity contribution is -0.858. The van der Waals surface area contributed by atoms with Gasteiger partial charge in [-0.05, 0) is 12.5 Å². The first-order valence-electron chi connectivity index (χ1n) is 9.59. The van der Waals surface area contributed by atoms with E-state index in [-0.39, 0.29) is 11.3 Å². The smallest absolute Gasteiger partial charge is 0.295 e. The average molecular weight is 379 g/mol. The van der Waals surface area contributed by atoms with Crippen LogP contribution in [0.5, 0.6) is 0 Å². The van der Waals surface area contributed by atoms with Gasteiger partial charge in [0.15, 0.2) is 0 Å². The Morgan fingerprint density at radius 1 is 1.04 bits per heavy atom. The van der Waals surface area contributed by atoms with E-state index >= 15 is 0 Å². The number of amides is 1. The minimum atomic E-state index is -0.621. The van der Waals surface area contributed by atoms with Crippen molar-refractivity contribution in [1.82, 2.24) is 4.90 Å². The number of hydrogen-bond donors (Lipinski definition) is 2. The normalized spacial score (nSPS) is 18.9. The molecule has 1 fully saturated rings. The molecule has 1 heterocycles. The number of likely N-dealkylation sites (tertiary alicyclic amines) is 1. The Kier molecular flexibility index (Phi) is 5.95. The van der Waals surface area contributed by atoms with E-state index in [0.29, 0.717) is 12.1 Å². The van der Waals surface area contributed by atoms with Gasteiger partial charge in [0.2, 0.25) is 0 Å². The van der Waals surface area contributed by atoms with E-state index in [1.165, 1.54) is 4.90 Å². The van der Waals surface area contributed by atoms with Crippen LogP contribution < -0.4 is 4.90 Å². The summed E-state index contributed by atoms with van der Waals surface area (Å²) in [6.45, 7) is 3.35. The van der Waals surface area contributed by atoms with Crippen LogP contribution in [-0.2, 0) is 9.59 Å². The fraction of sp³-hybridized carbons (Fsp3) is 0.304. The predicted octanol–water partition coefficient (Wildman–Crippen LogP) is 1.95. The Morgan fingerprint density at radius 3 is 2.29 bits per heavy atom. The van der Waals surface area contributed by atoms with Gasteiger partial charge in [-0.15, -0.1) is 0 Å². The van der Waals surface area contributed by atoms with Crippen molar-refractivity contribution in [1.29, 1.82) is 0 Å². The number of aryl methyl sites for hydroxylation is 1. The van der Waals surface area contributed by atoms with Crippen molar-refractivity contribution in [3.8, 4) is 0 Å². The van der Waals surface area contributed by atoms with Gasteiger partial charge in [-0.25, -0.2) is 0 Å². The van der Waals surface area contributed by atoms with Crippen LogP contribution >= 0.6 is 0 Å². The van der Waals surface area contributed by atoms with Gasteiger partial charge in [0, 0.05) is 18.5 Å². The van der Waals surface area contributed by atoms with Gasteiger partial charge in [0.1, 0.15) is 5.76 Å². The van der Waals surface area contributed by atoms with Crippen molar-refractivity contribution in [2.75, 3.05) is 27.2 Å². The van der Waals surface area contributed by atoms with E-state index in [1.54, 1.807) is 29.2 Å². The molecule has 0 spiro atoms. The van der Waals surface area contributed by atoms with Crippen molar-refractivity contribution in [2.24, 2.45) is 0 Å². The number of quaternary nitrogens is 1. The summed E-state index contributed by atoms with van der Waals surface area (Å²) in [6, 6.07) is 16.1. The van der Waals surface area contributed by atoms with E-state index < -0.39 is 17.7 Å². The fourth-order valence-corrected chi connectivity index (χ4v) is 3.56. The number of nitrogens with zero attached hydrogens (tertiary/aromatic N) is 1. The summed E-state index contributed by atoms with van der Waals surface area (Å²) in [5.41, 5.74) is 2.63. The molecule has 2 N–H and O–H groups in total. The molecule has 1 aliphatic rings. The molecule has 1 amide bonds. The lowest BCUT2D eigenvalue weighted by Gasteiger charge is -2.25. The van der Waals surface area contributed by atoms with Crippen molar-refractivity contribution < 1.29 is 19.6 Å². The van der Waals surface area contributed by atoms with Gasteiger partial charge in [-0.1, -0.05) is 60.2 Å². The molecule has 0 aliphatic carbocycles. The molecule has 0 unspecified atom stereocenters. The van der Waals surface area contributed by atoms with Gasteiger partial charge in [-0.3, -0.25) is 9.59 Å². The third-order valence-electron chi connectivity index (χ3n) is 5.06. The molecule has 0 radical (unpaired) electrons. The van der Waals surface area contributed by atoms with Gasteiger partial charge in [0.25, 0.3) is 11.7 Å². The van der Waals surface area contributed by atoms with E-state index in [2.05, 4.69) is 14.1 Å².